The van der Waals surface area contributed by atoms with E-state index in [0.717, 1.165) is 40.4 Å². The Morgan fingerprint density at radius 3 is 2.00 bits per heavy atom. The van der Waals surface area contributed by atoms with Crippen LogP contribution in [0.25, 0.3) is 22.5 Å². The summed E-state index contributed by atoms with van der Waals surface area (Å²) in [6.07, 6.45) is 4.26. The summed E-state index contributed by atoms with van der Waals surface area (Å²) in [6, 6.07) is 16.0. The minimum Gasteiger partial charge on any atom is -0.497 e. The van der Waals surface area contributed by atoms with Gasteiger partial charge in [-0.15, -0.1) is 0 Å². The molecule has 0 unspecified atom stereocenters. The summed E-state index contributed by atoms with van der Waals surface area (Å²) in [5.41, 5.74) is 5.28. The maximum Gasteiger partial charge on any atom is 0.133 e. The molecule has 2 aromatic heterocycles. The van der Waals surface area contributed by atoms with Crippen LogP contribution >= 0.6 is 11.6 Å². The zero-order valence-electron chi connectivity index (χ0n) is 17.2. The lowest BCUT2D eigenvalue weighted by Gasteiger charge is -2.10. The van der Waals surface area contributed by atoms with Crippen molar-refractivity contribution in [1.29, 1.82) is 0 Å². The largest absolute Gasteiger partial charge is 0.497 e. The van der Waals surface area contributed by atoms with Gasteiger partial charge in [-0.05, 0) is 55.0 Å². The van der Waals surface area contributed by atoms with Crippen molar-refractivity contribution in [1.82, 2.24) is 19.6 Å². The van der Waals surface area contributed by atoms with Crippen molar-refractivity contribution in [2.24, 2.45) is 0 Å². The van der Waals surface area contributed by atoms with Crippen LogP contribution in [0.2, 0.25) is 5.02 Å². The van der Waals surface area contributed by atoms with Gasteiger partial charge in [-0.2, -0.15) is 10.2 Å². The fourth-order valence-corrected chi connectivity index (χ4v) is 3.70. The fourth-order valence-electron chi connectivity index (χ4n) is 3.54. The summed E-state index contributed by atoms with van der Waals surface area (Å²) < 4.78 is 14.4. The monoisotopic (exact) mass is 422 g/mol. The summed E-state index contributed by atoms with van der Waals surface area (Å²) in [5.74, 6) is 1.63. The van der Waals surface area contributed by atoms with Crippen molar-refractivity contribution in [2.75, 3.05) is 14.2 Å². The first kappa shape index (κ1) is 20.0. The minimum absolute atomic E-state index is 0.456. The number of hydrogen-bond donors (Lipinski definition) is 0. The summed E-state index contributed by atoms with van der Waals surface area (Å²) >= 11 is 6.07. The van der Waals surface area contributed by atoms with Gasteiger partial charge in [-0.25, -0.2) is 9.36 Å². The van der Waals surface area contributed by atoms with Crippen LogP contribution in [0.4, 0.5) is 0 Å². The van der Waals surface area contributed by atoms with E-state index in [0.29, 0.717) is 11.7 Å². The van der Waals surface area contributed by atoms with Crippen LogP contribution in [-0.4, -0.2) is 33.8 Å². The number of rotatable bonds is 7. The normalized spacial score (nSPS) is 10.9. The average molecular weight is 423 g/mol. The highest BCUT2D eigenvalue weighted by Gasteiger charge is 2.20. The Morgan fingerprint density at radius 1 is 0.900 bits per heavy atom. The van der Waals surface area contributed by atoms with Gasteiger partial charge >= 0.3 is 0 Å². The lowest BCUT2D eigenvalue weighted by Crippen LogP contribution is -2.11. The summed E-state index contributed by atoms with van der Waals surface area (Å²) in [7, 11) is 3.33. The molecule has 0 aliphatic rings. The number of aromatic nitrogens is 4. The van der Waals surface area contributed by atoms with E-state index in [4.69, 9.17) is 26.2 Å². The molecule has 0 radical (unpaired) electrons. The van der Waals surface area contributed by atoms with E-state index in [2.05, 4.69) is 24.2 Å². The third kappa shape index (κ3) is 3.91. The van der Waals surface area contributed by atoms with E-state index >= 15 is 0 Å². The molecule has 0 aliphatic heterocycles. The first-order chi connectivity index (χ1) is 14.6. The number of halogens is 1. The Balaban J connectivity index is 1.86. The molecule has 0 spiro atoms. The molecule has 0 amide bonds. The molecule has 30 heavy (non-hydrogen) atoms. The second kappa shape index (κ2) is 8.63. The number of hydrogen-bond acceptors (Lipinski definition) is 4. The minimum atomic E-state index is 0.456. The third-order valence-corrected chi connectivity index (χ3v) is 5.21. The van der Waals surface area contributed by atoms with Gasteiger partial charge in [0.15, 0.2) is 0 Å². The Labute approximate surface area is 180 Å². The van der Waals surface area contributed by atoms with E-state index < -0.39 is 0 Å². The number of benzene rings is 2. The lowest BCUT2D eigenvalue weighted by atomic mass is 10.00. The first-order valence-corrected chi connectivity index (χ1v) is 10.1. The van der Waals surface area contributed by atoms with Crippen LogP contribution in [0.3, 0.4) is 0 Å². The molecule has 0 N–H and O–H groups in total. The van der Waals surface area contributed by atoms with Gasteiger partial charge in [0.1, 0.15) is 18.2 Å². The highest BCUT2D eigenvalue weighted by Crippen LogP contribution is 2.34. The van der Waals surface area contributed by atoms with Crippen molar-refractivity contribution in [2.45, 2.75) is 20.0 Å². The quantitative estimate of drug-likeness (QED) is 0.413. The van der Waals surface area contributed by atoms with Gasteiger partial charge in [0.2, 0.25) is 0 Å². The molecule has 4 aromatic rings. The molecule has 7 heteroatoms. The lowest BCUT2D eigenvalue weighted by molar-refractivity contribution is 0.414. The molecule has 2 aromatic carbocycles. The van der Waals surface area contributed by atoms with E-state index in [1.54, 1.807) is 31.3 Å². The molecule has 0 fully saturated rings. The number of nitrogens with zero attached hydrogens (tertiary/aromatic N) is 4. The van der Waals surface area contributed by atoms with Crippen LogP contribution in [-0.2, 0) is 13.1 Å². The van der Waals surface area contributed by atoms with Crippen molar-refractivity contribution < 1.29 is 9.47 Å². The molecule has 154 valence electrons. The molecule has 0 bridgehead atoms. The van der Waals surface area contributed by atoms with Crippen molar-refractivity contribution in [3.05, 3.63) is 71.5 Å². The van der Waals surface area contributed by atoms with Gasteiger partial charge in [0.05, 0.1) is 36.8 Å². The maximum absolute atomic E-state index is 6.07. The average Bonchev–Trinajstić information content (AvgIpc) is 3.36. The Kier molecular flexibility index (Phi) is 5.77. The second-order valence-electron chi connectivity index (χ2n) is 6.83. The standard InChI is InChI=1S/C23H23ClN4O2/c1-4-21-22(16-5-9-19(29-2)10-6-16)26-28(15-27-14-18(24)13-25-27)23(21)17-7-11-20(30-3)12-8-17/h5-14H,4,15H2,1-3H3. The molecule has 0 aliphatic carbocycles. The summed E-state index contributed by atoms with van der Waals surface area (Å²) in [5, 5.41) is 9.89. The summed E-state index contributed by atoms with van der Waals surface area (Å²) in [4.78, 5) is 0. The highest BCUT2D eigenvalue weighted by atomic mass is 35.5. The van der Waals surface area contributed by atoms with Crippen LogP contribution < -0.4 is 9.47 Å². The smallest absolute Gasteiger partial charge is 0.133 e. The highest BCUT2D eigenvalue weighted by molar-refractivity contribution is 6.30. The molecule has 6 nitrogen and oxygen atoms in total. The second-order valence-corrected chi connectivity index (χ2v) is 7.26. The SMILES string of the molecule is CCc1c(-c2ccc(OC)cc2)nn(Cn2cc(Cl)cn2)c1-c1ccc(OC)cc1. The molecular weight excluding hydrogens is 400 g/mol. The van der Waals surface area contributed by atoms with Gasteiger partial charge in [0, 0.05) is 22.9 Å². The Bertz CT molecular complexity index is 1130. The van der Waals surface area contributed by atoms with Crippen LogP contribution in [0.15, 0.2) is 60.9 Å². The van der Waals surface area contributed by atoms with Crippen molar-refractivity contribution in [3.8, 4) is 34.0 Å². The van der Waals surface area contributed by atoms with E-state index in [9.17, 15) is 0 Å². The predicted molar refractivity (Wildman–Crippen MR) is 118 cm³/mol. The van der Waals surface area contributed by atoms with Crippen LogP contribution in [0.1, 0.15) is 12.5 Å². The van der Waals surface area contributed by atoms with Crippen LogP contribution in [0.5, 0.6) is 11.5 Å². The topological polar surface area (TPSA) is 54.1 Å². The predicted octanol–water partition coefficient (Wildman–Crippen LogP) is 5.15. The Hall–Kier alpha value is -3.25. The van der Waals surface area contributed by atoms with E-state index in [1.807, 2.05) is 41.1 Å². The number of methoxy groups -OCH3 is 2. The number of ether oxygens (including phenoxy) is 2. The van der Waals surface area contributed by atoms with E-state index in [1.165, 1.54) is 5.56 Å². The molecular formula is C23H23ClN4O2. The zero-order valence-corrected chi connectivity index (χ0v) is 17.9. The molecule has 2 heterocycles. The molecule has 0 saturated heterocycles. The van der Waals surface area contributed by atoms with Crippen molar-refractivity contribution >= 4 is 11.6 Å². The molecule has 4 rings (SSSR count). The fraction of sp³-hybridized carbons (Fsp3) is 0.217. The summed E-state index contributed by atoms with van der Waals surface area (Å²) in [6.45, 7) is 2.60. The van der Waals surface area contributed by atoms with Gasteiger partial charge < -0.3 is 9.47 Å². The molecule has 0 saturated carbocycles. The Morgan fingerprint density at radius 2 is 1.50 bits per heavy atom. The third-order valence-electron chi connectivity index (χ3n) is 5.01. The van der Waals surface area contributed by atoms with E-state index in [-0.39, 0.29) is 0 Å². The zero-order chi connectivity index (χ0) is 21.1. The van der Waals surface area contributed by atoms with Crippen LogP contribution in [0, 0.1) is 0 Å². The van der Waals surface area contributed by atoms with Crippen molar-refractivity contribution in [3.63, 3.8) is 0 Å². The van der Waals surface area contributed by atoms with Gasteiger partial charge in [-0.3, -0.25) is 0 Å². The van der Waals surface area contributed by atoms with Gasteiger partial charge in [0.25, 0.3) is 0 Å². The maximum atomic E-state index is 6.07. The molecule has 0 atom stereocenters. The first-order valence-electron chi connectivity index (χ1n) is 9.69. The van der Waals surface area contributed by atoms with Gasteiger partial charge in [-0.1, -0.05) is 18.5 Å².